The van der Waals surface area contributed by atoms with Gasteiger partial charge in [-0.25, -0.2) is 14.6 Å². The second-order valence-electron chi connectivity index (χ2n) is 19.3. The van der Waals surface area contributed by atoms with Crippen molar-refractivity contribution in [3.05, 3.63) is 150 Å². The van der Waals surface area contributed by atoms with Crippen molar-refractivity contribution in [3.63, 3.8) is 0 Å². The van der Waals surface area contributed by atoms with Gasteiger partial charge in [0.15, 0.2) is 14.5 Å². The molecular weight excluding hydrogens is 920 g/mol. The summed E-state index contributed by atoms with van der Waals surface area (Å²) in [6, 6.07) is 39.1. The first-order chi connectivity index (χ1) is 33.5. The van der Waals surface area contributed by atoms with E-state index in [4.69, 9.17) is 37.4 Å². The van der Waals surface area contributed by atoms with E-state index >= 15 is 0 Å². The average molecular weight is 987 g/mol. The maximum atomic E-state index is 13.5. The second-order valence-corrected chi connectivity index (χ2v) is 25.5. The number of nitrogens with zero attached hydrogens (tertiary/aromatic N) is 5. The Morgan fingerprint density at radius 1 is 0.829 bits per heavy atom. The average Bonchev–Trinajstić information content (AvgIpc) is 3.93. The summed E-state index contributed by atoms with van der Waals surface area (Å²) >= 11 is 0. The summed E-state index contributed by atoms with van der Waals surface area (Å²) in [5.41, 5.74) is 2.45. The smallest absolute Gasteiger partial charge is 0.259 e. The zero-order valence-electron chi connectivity index (χ0n) is 42.2. The number of rotatable bonds is 21. The van der Waals surface area contributed by atoms with Gasteiger partial charge in [0.2, 0.25) is 0 Å². The molecule has 7 rings (SSSR count). The molecule has 0 radical (unpaired) electrons. The molecule has 1 N–H and O–H groups in total. The van der Waals surface area contributed by atoms with Crippen LogP contribution in [0.4, 0.5) is 5.82 Å². The highest BCUT2D eigenvalue weighted by Gasteiger charge is 2.54. The van der Waals surface area contributed by atoms with Crippen LogP contribution in [0.25, 0.3) is 11.0 Å². The number of hydrogen-bond acceptors (Lipinski definition) is 12. The standard InChI is InChI=1S/C54H67N6O8PSi/c1-37(2)60(38(3)4)69(65-34-18-32-55)67-47-46(35-64-54(40-21-16-13-17-22-40,41-23-27-43(62-8)28-24-41)42-25-29-44(63-9)30-26-42)66-52(48(47)68-70(10,11)53(5,6)7)59-33-31-45-49(56-36-57-50(45)59)58-51(61)39-19-14-12-15-20-39/h12-17,19-31,33,36-38,46-48,52H,18,34-35H2,1-11H3,(H,56,57,58,61)/t46-,47-,48-,52-,69?/m1/s1. The third kappa shape index (κ3) is 11.3. The Labute approximate surface area is 415 Å². The molecule has 1 aliphatic heterocycles. The van der Waals surface area contributed by atoms with Crippen molar-refractivity contribution < 1.29 is 37.2 Å². The second kappa shape index (κ2) is 22.7. The molecule has 370 valence electrons. The van der Waals surface area contributed by atoms with E-state index < -0.39 is 47.0 Å². The van der Waals surface area contributed by atoms with Gasteiger partial charge in [0.25, 0.3) is 14.4 Å². The van der Waals surface area contributed by atoms with Crippen LogP contribution in [0.3, 0.4) is 0 Å². The van der Waals surface area contributed by atoms with Crippen LogP contribution >= 0.6 is 8.53 Å². The van der Waals surface area contributed by atoms with Crippen molar-refractivity contribution in [1.29, 1.82) is 5.26 Å². The van der Waals surface area contributed by atoms with Crippen molar-refractivity contribution in [2.75, 3.05) is 32.8 Å². The van der Waals surface area contributed by atoms with Crippen LogP contribution in [0.2, 0.25) is 18.1 Å². The van der Waals surface area contributed by atoms with E-state index in [1.165, 1.54) is 6.33 Å². The van der Waals surface area contributed by atoms with Gasteiger partial charge >= 0.3 is 0 Å². The number of nitrogens with one attached hydrogen (secondary N) is 1. The molecule has 5 atom stereocenters. The van der Waals surface area contributed by atoms with Crippen molar-refractivity contribution in [2.45, 2.75) is 115 Å². The fourth-order valence-electron chi connectivity index (χ4n) is 8.56. The van der Waals surface area contributed by atoms with Crippen LogP contribution in [0.5, 0.6) is 11.5 Å². The minimum absolute atomic E-state index is 0.0166. The Morgan fingerprint density at radius 2 is 1.40 bits per heavy atom. The summed E-state index contributed by atoms with van der Waals surface area (Å²) in [6.07, 6.45) is 0.415. The number of methoxy groups -OCH3 is 2. The molecule has 6 aromatic rings. The van der Waals surface area contributed by atoms with E-state index in [0.717, 1.165) is 16.7 Å². The Morgan fingerprint density at radius 3 is 1.94 bits per heavy atom. The number of fused-ring (bicyclic) bond motifs is 1. The molecule has 14 nitrogen and oxygen atoms in total. The van der Waals surface area contributed by atoms with Gasteiger partial charge in [-0.05, 0) is 105 Å². The van der Waals surface area contributed by atoms with Crippen LogP contribution in [0.1, 0.15) is 88.2 Å². The highest BCUT2D eigenvalue weighted by atomic mass is 31.2. The molecule has 0 spiro atoms. The highest BCUT2D eigenvalue weighted by Crippen LogP contribution is 2.53. The van der Waals surface area contributed by atoms with Gasteiger partial charge in [-0.15, -0.1) is 0 Å². The lowest BCUT2D eigenvalue weighted by molar-refractivity contribution is -0.0925. The van der Waals surface area contributed by atoms with Crippen molar-refractivity contribution in [3.8, 4) is 17.6 Å². The lowest BCUT2D eigenvalue weighted by Crippen LogP contribution is -2.50. The van der Waals surface area contributed by atoms with E-state index in [2.05, 4.69) is 94.7 Å². The SMILES string of the molecule is COc1ccc(C(OC[C@H]2O[C@@H](n3ccc4c(NC(=O)c5ccccc5)ncnc43)[C@H](O[Si](C)(C)C(C)(C)C)[C@@H]2OP(OCCC#N)N(C(C)C)C(C)C)(c2ccccc2)c2ccc(OC)cc2)cc1. The van der Waals surface area contributed by atoms with Crippen molar-refractivity contribution in [2.24, 2.45) is 0 Å². The lowest BCUT2D eigenvalue weighted by Gasteiger charge is -2.42. The largest absolute Gasteiger partial charge is 0.497 e. The number of amides is 1. The molecule has 0 aliphatic carbocycles. The Balaban J connectivity index is 1.41. The van der Waals surface area contributed by atoms with Crippen LogP contribution < -0.4 is 14.8 Å². The van der Waals surface area contributed by atoms with E-state index in [9.17, 15) is 10.1 Å². The molecule has 1 aliphatic rings. The highest BCUT2D eigenvalue weighted by molar-refractivity contribution is 7.44. The molecule has 0 saturated carbocycles. The fourth-order valence-corrected chi connectivity index (χ4v) is 11.6. The minimum Gasteiger partial charge on any atom is -0.497 e. The number of hydrogen-bond donors (Lipinski definition) is 1. The molecule has 0 bridgehead atoms. The van der Waals surface area contributed by atoms with Gasteiger partial charge in [0, 0.05) is 23.8 Å². The monoisotopic (exact) mass is 986 g/mol. The molecular formula is C54H67N6O8PSi. The van der Waals surface area contributed by atoms with E-state index in [0.29, 0.717) is 33.9 Å². The number of benzene rings is 4. The summed E-state index contributed by atoms with van der Waals surface area (Å²) < 4.78 is 52.0. The van der Waals surface area contributed by atoms with E-state index in [1.807, 2.05) is 102 Å². The maximum absolute atomic E-state index is 13.5. The van der Waals surface area contributed by atoms with Gasteiger partial charge in [0.05, 0.1) is 45.3 Å². The molecule has 70 heavy (non-hydrogen) atoms. The lowest BCUT2D eigenvalue weighted by atomic mass is 9.80. The van der Waals surface area contributed by atoms with Gasteiger partial charge < -0.3 is 42.3 Å². The first-order valence-electron chi connectivity index (χ1n) is 23.8. The third-order valence-corrected chi connectivity index (χ3v) is 19.7. The summed E-state index contributed by atoms with van der Waals surface area (Å²) in [4.78, 5) is 22.8. The molecule has 3 heterocycles. The summed E-state index contributed by atoms with van der Waals surface area (Å²) in [7, 11) is -1.15. The number of carbonyl (C=O) groups is 1. The van der Waals surface area contributed by atoms with Crippen LogP contribution in [-0.4, -0.2) is 91.3 Å². The predicted octanol–water partition coefficient (Wildman–Crippen LogP) is 11.7. The molecule has 1 saturated heterocycles. The summed E-state index contributed by atoms with van der Waals surface area (Å²) in [5.74, 6) is 1.47. The topological polar surface area (TPSA) is 151 Å². The third-order valence-electron chi connectivity index (χ3n) is 13.1. The Hall–Kier alpha value is -5.53. The van der Waals surface area contributed by atoms with Crippen LogP contribution in [0, 0.1) is 11.3 Å². The van der Waals surface area contributed by atoms with Gasteiger partial charge in [-0.1, -0.05) is 93.6 Å². The molecule has 1 fully saturated rings. The number of aromatic nitrogens is 3. The zero-order valence-corrected chi connectivity index (χ0v) is 44.1. The first kappa shape index (κ1) is 52.3. The van der Waals surface area contributed by atoms with Crippen molar-refractivity contribution >= 4 is 39.6 Å². The molecule has 1 unspecified atom stereocenters. The Kier molecular flexibility index (Phi) is 17.0. The summed E-state index contributed by atoms with van der Waals surface area (Å²) in [6.45, 7) is 19.7. The van der Waals surface area contributed by atoms with E-state index in [-0.39, 0.29) is 42.7 Å². The molecule has 1 amide bonds. The van der Waals surface area contributed by atoms with Gasteiger partial charge in [-0.2, -0.15) is 5.26 Å². The van der Waals surface area contributed by atoms with Crippen LogP contribution in [0.15, 0.2) is 128 Å². The molecule has 2 aromatic heterocycles. The predicted molar refractivity (Wildman–Crippen MR) is 276 cm³/mol. The van der Waals surface area contributed by atoms with Gasteiger partial charge in [-0.3, -0.25) is 4.79 Å². The van der Waals surface area contributed by atoms with Crippen molar-refractivity contribution in [1.82, 2.24) is 19.2 Å². The maximum Gasteiger partial charge on any atom is 0.259 e. The van der Waals surface area contributed by atoms with Crippen LogP contribution in [-0.2, 0) is 28.5 Å². The summed E-state index contributed by atoms with van der Waals surface area (Å²) in [5, 5.41) is 13.1. The quantitative estimate of drug-likeness (QED) is 0.0316. The Bertz CT molecular complexity index is 2620. The van der Waals surface area contributed by atoms with E-state index in [1.54, 1.807) is 26.4 Å². The fraction of sp³-hybridized carbons (Fsp3) is 0.407. The normalized spacial score (nSPS) is 18.1. The molecule has 16 heteroatoms. The minimum atomic E-state index is -2.64. The number of nitriles is 1. The number of carbonyl (C=O) groups excluding carboxylic acids is 1. The zero-order chi connectivity index (χ0) is 50.2. The molecule has 4 aromatic carbocycles. The number of ether oxygens (including phenoxy) is 4. The number of anilines is 1. The van der Waals surface area contributed by atoms with Gasteiger partial charge in [0.1, 0.15) is 53.2 Å². The first-order valence-corrected chi connectivity index (χ1v) is 27.8.